The summed E-state index contributed by atoms with van der Waals surface area (Å²) in [6, 6.07) is 62.4. The van der Waals surface area contributed by atoms with Crippen molar-refractivity contribution in [3.8, 4) is 16.8 Å². The lowest BCUT2D eigenvalue weighted by molar-refractivity contribution is 0.590. The van der Waals surface area contributed by atoms with E-state index < -0.39 is 10.0 Å². The van der Waals surface area contributed by atoms with E-state index in [1.807, 2.05) is 0 Å². The molecule has 0 saturated carbocycles. The van der Waals surface area contributed by atoms with Crippen LogP contribution in [-0.4, -0.2) is 4.57 Å². The maximum absolute atomic E-state index is 2.57. The van der Waals surface area contributed by atoms with Crippen LogP contribution in [0.1, 0.15) is 63.8 Å². The molecule has 1 nitrogen and oxygen atoms in total. The van der Waals surface area contributed by atoms with Crippen LogP contribution in [-0.2, 0) is 17.3 Å². The summed E-state index contributed by atoms with van der Waals surface area (Å²) in [5.74, 6) is 0. The Kier molecular flexibility index (Phi) is 7.84. The molecule has 8 aromatic rings. The van der Waals surface area contributed by atoms with E-state index in [4.69, 9.17) is 0 Å². The largest absolute Gasteiger partial charge is 0.309 e. The van der Waals surface area contributed by atoms with Gasteiger partial charge in [0.15, 0.2) is 0 Å². The lowest BCUT2D eigenvalue weighted by atomic mass is 9.85. The van der Waals surface area contributed by atoms with Crippen molar-refractivity contribution in [3.05, 3.63) is 186 Å². The van der Waals surface area contributed by atoms with Crippen LogP contribution in [0, 0.1) is 0 Å². The molecule has 9 rings (SSSR count). The summed E-state index contributed by atoms with van der Waals surface area (Å²) in [5, 5.41) is 2.63. The van der Waals surface area contributed by atoms with Gasteiger partial charge in [-0.3, -0.25) is 0 Å². The first-order chi connectivity index (χ1) is 25.5. The normalized spacial score (nSPS) is 13.3. The highest BCUT2D eigenvalue weighted by atomic mass is 32.3. The van der Waals surface area contributed by atoms with Crippen LogP contribution in [0.2, 0.25) is 0 Å². The number of fused-ring (bicyclic) bond motifs is 6. The van der Waals surface area contributed by atoms with Crippen LogP contribution in [0.25, 0.3) is 38.6 Å². The van der Waals surface area contributed by atoms with Gasteiger partial charge >= 0.3 is 0 Å². The van der Waals surface area contributed by atoms with Gasteiger partial charge in [-0.25, -0.2) is 0 Å². The van der Waals surface area contributed by atoms with Crippen molar-refractivity contribution in [1.29, 1.82) is 0 Å². The minimum absolute atomic E-state index is 0.0404. The van der Waals surface area contributed by atoms with E-state index >= 15 is 0 Å². The second-order valence-electron chi connectivity index (χ2n) is 16.7. The van der Waals surface area contributed by atoms with E-state index in [-0.39, 0.29) is 10.8 Å². The number of hydrogen-bond acceptors (Lipinski definition) is 0. The van der Waals surface area contributed by atoms with Crippen LogP contribution >= 0.6 is 10.0 Å². The van der Waals surface area contributed by atoms with Crippen LogP contribution in [0.3, 0.4) is 0 Å². The monoisotopic (exact) mass is 705 g/mol. The van der Waals surface area contributed by atoms with Gasteiger partial charge in [-0.2, -0.15) is 0 Å². The lowest BCUT2D eigenvalue weighted by Crippen LogP contribution is -2.10. The molecule has 0 atom stereocenters. The maximum atomic E-state index is 2.57. The molecule has 0 radical (unpaired) electrons. The topological polar surface area (TPSA) is 4.93 Å². The Hall–Kier alpha value is -5.31. The summed E-state index contributed by atoms with van der Waals surface area (Å²) >= 11 is 0. The first-order valence-corrected chi connectivity index (χ1v) is 20.5. The van der Waals surface area contributed by atoms with Gasteiger partial charge in [-0.15, -0.1) is 10.0 Å². The van der Waals surface area contributed by atoms with Gasteiger partial charge in [0.05, 0.1) is 11.0 Å². The highest BCUT2D eigenvalue weighted by Crippen LogP contribution is 2.75. The highest BCUT2D eigenvalue weighted by Gasteiger charge is 2.38. The minimum Gasteiger partial charge on any atom is -0.309 e. The Labute approximate surface area is 316 Å². The van der Waals surface area contributed by atoms with Crippen LogP contribution < -0.4 is 0 Å². The van der Waals surface area contributed by atoms with Crippen LogP contribution in [0.5, 0.6) is 0 Å². The molecule has 1 aliphatic carbocycles. The summed E-state index contributed by atoms with van der Waals surface area (Å²) in [7, 11) is -1.94. The Morgan fingerprint density at radius 3 is 1.38 bits per heavy atom. The third kappa shape index (κ3) is 5.38. The number of benzene rings is 7. The Morgan fingerprint density at radius 2 is 0.906 bits per heavy atom. The van der Waals surface area contributed by atoms with E-state index in [0.717, 1.165) is 6.42 Å². The van der Waals surface area contributed by atoms with E-state index in [1.165, 1.54) is 80.5 Å². The molecule has 0 unspecified atom stereocenters. The van der Waals surface area contributed by atoms with Crippen molar-refractivity contribution >= 4 is 31.8 Å². The van der Waals surface area contributed by atoms with Crippen molar-refractivity contribution in [1.82, 2.24) is 4.57 Å². The quantitative estimate of drug-likeness (QED) is 0.168. The fourth-order valence-corrected chi connectivity index (χ4v) is 12.6. The lowest BCUT2D eigenvalue weighted by Gasteiger charge is -2.43. The number of rotatable bonds is 5. The second kappa shape index (κ2) is 12.4. The molecule has 0 bridgehead atoms. The van der Waals surface area contributed by atoms with Crippen LogP contribution in [0.15, 0.2) is 183 Å². The Balaban J connectivity index is 1.45. The number of hydrogen-bond donors (Lipinski definition) is 0. The molecule has 7 aromatic carbocycles. The molecule has 0 spiro atoms. The fourth-order valence-electron chi connectivity index (χ4n) is 8.48. The number of nitrogens with zero attached hydrogens (tertiary/aromatic N) is 1. The van der Waals surface area contributed by atoms with Gasteiger partial charge in [0.2, 0.25) is 0 Å². The average Bonchev–Trinajstić information content (AvgIpc) is 3.71. The standard InChI is InChI=1S/C51H47NS/c1-50(2,3)36-26-28-47-44(31-36)45-32-37(51(4,5)6)27-29-48(45)52(47)38-33-43-42-25-17-16-18-35(42)30-46(43)49(34-38)53(39-19-10-7-11-20-39,40-21-12-8-13-22-40)41-23-14-9-15-24-41/h7-29,31-34H,30H2,1-6H3. The second-order valence-corrected chi connectivity index (χ2v) is 19.7. The molecule has 1 heterocycles. The first-order valence-electron chi connectivity index (χ1n) is 18.9. The fraction of sp³-hybridized carbons (Fsp3) is 0.176. The Morgan fingerprint density at radius 1 is 0.453 bits per heavy atom. The zero-order valence-electron chi connectivity index (χ0n) is 31.7. The minimum atomic E-state index is -1.94. The van der Waals surface area contributed by atoms with Gasteiger partial charge < -0.3 is 4.57 Å². The van der Waals surface area contributed by atoms with Crippen LogP contribution in [0.4, 0.5) is 0 Å². The average molecular weight is 706 g/mol. The predicted molar refractivity (Wildman–Crippen MR) is 226 cm³/mol. The third-order valence-corrected chi connectivity index (χ3v) is 15.2. The molecular formula is C51H47NS. The predicted octanol–water partition coefficient (Wildman–Crippen LogP) is 14.3. The first kappa shape index (κ1) is 33.5. The maximum Gasteiger partial charge on any atom is 0.0541 e. The molecule has 0 amide bonds. The molecule has 1 aromatic heterocycles. The molecule has 0 saturated heterocycles. The Bertz CT molecular complexity index is 2470. The van der Waals surface area contributed by atoms with Gasteiger partial charge in [0.1, 0.15) is 0 Å². The molecule has 262 valence electrons. The molecule has 0 aliphatic heterocycles. The van der Waals surface area contributed by atoms with E-state index in [9.17, 15) is 0 Å². The summed E-state index contributed by atoms with van der Waals surface area (Å²) in [4.78, 5) is 5.45. The molecule has 0 N–H and O–H groups in total. The van der Waals surface area contributed by atoms with Gasteiger partial charge in [-0.05, 0) is 123 Å². The molecule has 0 fully saturated rings. The molecule has 1 aliphatic rings. The molecular weight excluding hydrogens is 659 g/mol. The van der Waals surface area contributed by atoms with Gasteiger partial charge in [-0.1, -0.05) is 133 Å². The van der Waals surface area contributed by atoms with Crippen molar-refractivity contribution < 1.29 is 0 Å². The van der Waals surface area contributed by atoms with Gasteiger partial charge in [0.25, 0.3) is 0 Å². The van der Waals surface area contributed by atoms with E-state index in [1.54, 1.807) is 0 Å². The summed E-state index contributed by atoms with van der Waals surface area (Å²) in [6.45, 7) is 13.9. The van der Waals surface area contributed by atoms with E-state index in [2.05, 4.69) is 210 Å². The third-order valence-electron chi connectivity index (χ3n) is 11.2. The smallest absolute Gasteiger partial charge is 0.0541 e. The zero-order valence-corrected chi connectivity index (χ0v) is 32.5. The van der Waals surface area contributed by atoms with Gasteiger partial charge in [0, 0.05) is 36.0 Å². The van der Waals surface area contributed by atoms with Crippen molar-refractivity contribution in [2.75, 3.05) is 0 Å². The zero-order chi connectivity index (χ0) is 36.5. The summed E-state index contributed by atoms with van der Waals surface area (Å²) < 4.78 is 2.55. The van der Waals surface area contributed by atoms with Crippen molar-refractivity contribution in [3.63, 3.8) is 0 Å². The van der Waals surface area contributed by atoms with Crippen molar-refractivity contribution in [2.45, 2.75) is 78.4 Å². The molecule has 2 heteroatoms. The molecule has 53 heavy (non-hydrogen) atoms. The SMILES string of the molecule is CC(C)(C)c1ccc2c(c1)c1cc(C(C)(C)C)ccc1n2-c1cc2c(c(S(c3ccccc3)(c3ccccc3)c3ccccc3)c1)Cc1ccccc1-2. The number of aromatic nitrogens is 1. The summed E-state index contributed by atoms with van der Waals surface area (Å²) in [5.41, 5.74) is 12.0. The van der Waals surface area contributed by atoms with Crippen molar-refractivity contribution in [2.24, 2.45) is 0 Å². The highest BCUT2D eigenvalue weighted by molar-refractivity contribution is 8.34. The van der Waals surface area contributed by atoms with E-state index in [0.29, 0.717) is 0 Å². The summed E-state index contributed by atoms with van der Waals surface area (Å²) in [6.07, 6.45) is 0.916.